The zero-order valence-electron chi connectivity index (χ0n) is 8.46. The molecule has 1 aliphatic rings. The predicted octanol–water partition coefficient (Wildman–Crippen LogP) is 4.39. The molecule has 0 amide bonds. The van der Waals surface area contributed by atoms with Gasteiger partial charge >= 0.3 is 0 Å². The van der Waals surface area contributed by atoms with Crippen molar-refractivity contribution in [2.45, 2.75) is 31.5 Å². The summed E-state index contributed by atoms with van der Waals surface area (Å²) >= 11 is 8.24. The normalized spacial score (nSPS) is 18.5. The first-order chi connectivity index (χ1) is 7.29. The van der Waals surface area contributed by atoms with Crippen LogP contribution < -0.4 is 0 Å². The van der Waals surface area contributed by atoms with Gasteiger partial charge in [-0.3, -0.25) is 0 Å². The zero-order valence-corrected chi connectivity index (χ0v) is 11.4. The first-order valence-electron chi connectivity index (χ1n) is 5.26. The Morgan fingerprint density at radius 1 is 1.33 bits per heavy atom. The molecule has 1 nitrogen and oxygen atoms in total. The van der Waals surface area contributed by atoms with E-state index < -0.39 is 0 Å². The molecule has 2 rings (SSSR count). The molecule has 0 saturated heterocycles. The summed E-state index contributed by atoms with van der Waals surface area (Å²) < 4.78 is 7.01. The molecule has 1 aliphatic carbocycles. The fraction of sp³-hybridized carbons (Fsp3) is 0.500. The molecule has 1 fully saturated rings. The number of benzene rings is 1. The Morgan fingerprint density at radius 3 is 2.47 bits per heavy atom. The van der Waals surface area contributed by atoms with E-state index in [1.807, 2.05) is 12.1 Å². The summed E-state index contributed by atoms with van der Waals surface area (Å²) in [5.41, 5.74) is 1.24. The second kappa shape index (κ2) is 5.51. The van der Waals surface area contributed by atoms with Crippen LogP contribution >= 0.6 is 34.2 Å². The molecule has 15 heavy (non-hydrogen) atoms. The van der Waals surface area contributed by atoms with Crippen LogP contribution in [-0.4, -0.2) is 10.5 Å². The summed E-state index contributed by atoms with van der Waals surface area (Å²) in [5.74, 6) is 0. The lowest BCUT2D eigenvalue weighted by molar-refractivity contribution is -0.0411. The van der Waals surface area contributed by atoms with Crippen molar-refractivity contribution in [2.75, 3.05) is 4.43 Å². The fourth-order valence-electron chi connectivity index (χ4n) is 1.62. The van der Waals surface area contributed by atoms with Gasteiger partial charge in [0, 0.05) is 9.45 Å². The first kappa shape index (κ1) is 11.7. The van der Waals surface area contributed by atoms with Crippen molar-refractivity contribution in [1.82, 2.24) is 0 Å². The molecule has 0 N–H and O–H groups in total. The molecule has 1 saturated carbocycles. The third kappa shape index (κ3) is 3.08. The molecule has 0 aromatic heterocycles. The first-order valence-corrected chi connectivity index (χ1v) is 7.17. The van der Waals surface area contributed by atoms with E-state index in [0.29, 0.717) is 6.10 Å². The van der Waals surface area contributed by atoms with E-state index in [-0.39, 0.29) is 6.10 Å². The van der Waals surface area contributed by atoms with Crippen LogP contribution in [0.5, 0.6) is 0 Å². The minimum Gasteiger partial charge on any atom is -0.369 e. The lowest BCUT2D eigenvalue weighted by Crippen LogP contribution is -2.24. The molecule has 1 atom stereocenters. The Balaban J connectivity index is 2.01. The minimum atomic E-state index is 0.230. The highest BCUT2D eigenvalue weighted by atomic mass is 127. The number of halogens is 2. The summed E-state index contributed by atoms with van der Waals surface area (Å²) in [5, 5.41) is 0.787. The van der Waals surface area contributed by atoms with Crippen LogP contribution in [0.3, 0.4) is 0 Å². The van der Waals surface area contributed by atoms with E-state index >= 15 is 0 Å². The Labute approximate surface area is 109 Å². The fourth-order valence-corrected chi connectivity index (χ4v) is 2.46. The summed E-state index contributed by atoms with van der Waals surface area (Å²) in [6.07, 6.45) is 4.48. The van der Waals surface area contributed by atoms with Crippen LogP contribution in [0.15, 0.2) is 24.3 Å². The van der Waals surface area contributed by atoms with Gasteiger partial charge in [0.15, 0.2) is 0 Å². The predicted molar refractivity (Wildman–Crippen MR) is 71.8 cm³/mol. The minimum absolute atomic E-state index is 0.230. The van der Waals surface area contributed by atoms with Crippen molar-refractivity contribution in [3.05, 3.63) is 34.9 Å². The van der Waals surface area contributed by atoms with Crippen molar-refractivity contribution >= 4 is 34.2 Å². The van der Waals surface area contributed by atoms with E-state index in [2.05, 4.69) is 34.7 Å². The molecule has 0 bridgehead atoms. The average Bonchev–Trinajstić information content (AvgIpc) is 2.19. The number of rotatable bonds is 4. The number of alkyl halides is 1. The second-order valence-corrected chi connectivity index (χ2v) is 5.20. The van der Waals surface area contributed by atoms with Gasteiger partial charge in [-0.1, -0.05) is 46.3 Å². The quantitative estimate of drug-likeness (QED) is 0.585. The third-order valence-corrected chi connectivity index (χ3v) is 3.84. The summed E-state index contributed by atoms with van der Waals surface area (Å²) in [4.78, 5) is 0. The molecule has 1 unspecified atom stereocenters. The van der Waals surface area contributed by atoms with Crippen LogP contribution in [0.4, 0.5) is 0 Å². The summed E-state index contributed by atoms with van der Waals surface area (Å²) in [6.45, 7) is 0. The maximum atomic E-state index is 6.01. The van der Waals surface area contributed by atoms with Crippen LogP contribution in [0, 0.1) is 0 Å². The smallest absolute Gasteiger partial charge is 0.0918 e. The van der Waals surface area contributed by atoms with Gasteiger partial charge in [0.2, 0.25) is 0 Å². The molecular formula is C12H14ClIO. The van der Waals surface area contributed by atoms with Gasteiger partial charge in [-0.15, -0.1) is 0 Å². The van der Waals surface area contributed by atoms with Crippen molar-refractivity contribution in [1.29, 1.82) is 0 Å². The molecule has 0 heterocycles. The highest BCUT2D eigenvalue weighted by molar-refractivity contribution is 14.1. The third-order valence-electron chi connectivity index (χ3n) is 2.79. The molecule has 0 spiro atoms. The van der Waals surface area contributed by atoms with E-state index in [9.17, 15) is 0 Å². The average molecular weight is 337 g/mol. The molecule has 82 valence electrons. The summed E-state index contributed by atoms with van der Waals surface area (Å²) in [7, 11) is 0. The molecule has 3 heteroatoms. The van der Waals surface area contributed by atoms with E-state index in [1.165, 1.54) is 24.8 Å². The van der Waals surface area contributed by atoms with Gasteiger partial charge in [-0.2, -0.15) is 0 Å². The van der Waals surface area contributed by atoms with Gasteiger partial charge in [0.1, 0.15) is 0 Å². The maximum absolute atomic E-state index is 6.01. The highest BCUT2D eigenvalue weighted by Crippen LogP contribution is 2.30. The van der Waals surface area contributed by atoms with E-state index in [0.717, 1.165) is 9.45 Å². The van der Waals surface area contributed by atoms with Crippen molar-refractivity contribution in [3.8, 4) is 0 Å². The molecule has 1 aromatic carbocycles. The number of ether oxygens (including phenoxy) is 1. The Hall–Kier alpha value is 0.200. The number of hydrogen-bond acceptors (Lipinski definition) is 1. The van der Waals surface area contributed by atoms with Crippen LogP contribution in [0.1, 0.15) is 30.9 Å². The molecular weight excluding hydrogens is 322 g/mol. The lowest BCUT2D eigenvalue weighted by Gasteiger charge is -2.30. The van der Waals surface area contributed by atoms with Crippen molar-refractivity contribution in [2.24, 2.45) is 0 Å². The van der Waals surface area contributed by atoms with Crippen LogP contribution in [0.25, 0.3) is 0 Å². The second-order valence-electron chi connectivity index (χ2n) is 3.88. The largest absolute Gasteiger partial charge is 0.369 e. The topological polar surface area (TPSA) is 9.23 Å². The van der Waals surface area contributed by atoms with Gasteiger partial charge in [-0.25, -0.2) is 0 Å². The number of hydrogen-bond donors (Lipinski definition) is 0. The van der Waals surface area contributed by atoms with Gasteiger partial charge < -0.3 is 4.74 Å². The monoisotopic (exact) mass is 336 g/mol. The molecule has 0 radical (unpaired) electrons. The van der Waals surface area contributed by atoms with Crippen LogP contribution in [-0.2, 0) is 4.74 Å². The highest BCUT2D eigenvalue weighted by Gasteiger charge is 2.22. The maximum Gasteiger partial charge on any atom is 0.0918 e. The van der Waals surface area contributed by atoms with Crippen molar-refractivity contribution in [3.63, 3.8) is 0 Å². The van der Waals surface area contributed by atoms with Gasteiger partial charge in [-0.05, 0) is 37.0 Å². The van der Waals surface area contributed by atoms with E-state index in [1.54, 1.807) is 0 Å². The van der Waals surface area contributed by atoms with Gasteiger partial charge in [0.25, 0.3) is 0 Å². The Kier molecular flexibility index (Phi) is 4.29. The van der Waals surface area contributed by atoms with Gasteiger partial charge in [0.05, 0.1) is 12.2 Å². The molecule has 0 aliphatic heterocycles. The van der Waals surface area contributed by atoms with Crippen molar-refractivity contribution < 1.29 is 4.74 Å². The Bertz CT molecular complexity index is 308. The van der Waals surface area contributed by atoms with E-state index in [4.69, 9.17) is 16.3 Å². The molecule has 1 aromatic rings. The zero-order chi connectivity index (χ0) is 10.7. The standard InChI is InChI=1S/C12H14ClIO/c13-10-6-4-9(5-7-10)12(8-14)15-11-2-1-3-11/h4-7,11-12H,1-3,8H2. The Morgan fingerprint density at radius 2 is 2.00 bits per heavy atom. The SMILES string of the molecule is Clc1ccc(C(CI)OC2CCC2)cc1. The lowest BCUT2D eigenvalue weighted by atomic mass is 9.96. The van der Waals surface area contributed by atoms with Crippen LogP contribution in [0.2, 0.25) is 5.02 Å². The summed E-state index contributed by atoms with van der Waals surface area (Å²) in [6, 6.07) is 7.98.